The third-order valence-electron chi connectivity index (χ3n) is 5.12. The van der Waals surface area contributed by atoms with Crippen molar-refractivity contribution in [2.24, 2.45) is 4.99 Å². The van der Waals surface area contributed by atoms with Gasteiger partial charge in [0.2, 0.25) is 0 Å². The standard InChI is InChI=1S/C21H30N6O.HI/c1-18-8-7-10-20(28)27(18)13-6-5-12-24-21(22-2)26-16-14-25(15-17-26)19-9-3-4-11-23-19;/h3-4,7-11H,5-6,12-17H2,1-2H3,(H,22,24);1H. The Labute approximate surface area is 189 Å². The van der Waals surface area contributed by atoms with E-state index in [1.54, 1.807) is 6.07 Å². The van der Waals surface area contributed by atoms with Crippen LogP contribution in [0.1, 0.15) is 18.5 Å². The number of halogens is 1. The summed E-state index contributed by atoms with van der Waals surface area (Å²) in [6.45, 7) is 7.32. The third kappa shape index (κ3) is 6.45. The number of hydrogen-bond donors (Lipinski definition) is 1. The molecule has 1 fully saturated rings. The fourth-order valence-electron chi connectivity index (χ4n) is 3.53. The van der Waals surface area contributed by atoms with Crippen molar-refractivity contribution in [3.8, 4) is 0 Å². The Bertz CT molecular complexity index is 831. The Morgan fingerprint density at radius 1 is 1.10 bits per heavy atom. The van der Waals surface area contributed by atoms with Gasteiger partial charge in [-0.15, -0.1) is 24.0 Å². The van der Waals surface area contributed by atoms with Gasteiger partial charge in [0.05, 0.1) is 0 Å². The van der Waals surface area contributed by atoms with Crippen LogP contribution in [0.25, 0.3) is 0 Å². The molecular weight excluding hydrogens is 479 g/mol. The zero-order valence-corrected chi connectivity index (χ0v) is 19.6. The van der Waals surface area contributed by atoms with Crippen LogP contribution in [0.2, 0.25) is 0 Å². The number of aryl methyl sites for hydroxylation is 1. The second kappa shape index (κ2) is 11.8. The number of anilines is 1. The minimum Gasteiger partial charge on any atom is -0.356 e. The fraction of sp³-hybridized carbons (Fsp3) is 0.476. The van der Waals surface area contributed by atoms with E-state index in [9.17, 15) is 4.79 Å². The second-order valence-electron chi connectivity index (χ2n) is 7.00. The predicted octanol–water partition coefficient (Wildman–Crippen LogP) is 2.35. The molecule has 0 aromatic carbocycles. The number of hydrogen-bond acceptors (Lipinski definition) is 4. The van der Waals surface area contributed by atoms with Crippen molar-refractivity contribution >= 4 is 35.8 Å². The maximum Gasteiger partial charge on any atom is 0.250 e. The van der Waals surface area contributed by atoms with Crippen LogP contribution in [0.5, 0.6) is 0 Å². The SMILES string of the molecule is CN=C(NCCCCn1c(C)cccc1=O)N1CCN(c2ccccn2)CC1.I. The van der Waals surface area contributed by atoms with E-state index in [1.807, 2.05) is 49.0 Å². The van der Waals surface area contributed by atoms with Gasteiger partial charge in [-0.2, -0.15) is 0 Å². The molecule has 1 saturated heterocycles. The van der Waals surface area contributed by atoms with E-state index in [1.165, 1.54) is 0 Å². The number of nitrogens with one attached hydrogen (secondary N) is 1. The number of aromatic nitrogens is 2. The Kier molecular flexibility index (Phi) is 9.43. The van der Waals surface area contributed by atoms with E-state index in [0.717, 1.165) is 69.6 Å². The Morgan fingerprint density at radius 2 is 1.90 bits per heavy atom. The summed E-state index contributed by atoms with van der Waals surface area (Å²) in [7, 11) is 1.83. The summed E-state index contributed by atoms with van der Waals surface area (Å²) >= 11 is 0. The molecule has 29 heavy (non-hydrogen) atoms. The highest BCUT2D eigenvalue weighted by Gasteiger charge is 2.20. The monoisotopic (exact) mass is 510 g/mol. The molecule has 0 radical (unpaired) electrons. The third-order valence-corrected chi connectivity index (χ3v) is 5.12. The molecule has 7 nitrogen and oxygen atoms in total. The van der Waals surface area contributed by atoms with Crippen LogP contribution in [0.3, 0.4) is 0 Å². The average Bonchev–Trinajstić information content (AvgIpc) is 2.73. The van der Waals surface area contributed by atoms with E-state index >= 15 is 0 Å². The van der Waals surface area contributed by atoms with Crippen LogP contribution in [0, 0.1) is 6.92 Å². The Balaban J connectivity index is 0.00000300. The van der Waals surface area contributed by atoms with Crippen LogP contribution in [0.4, 0.5) is 5.82 Å². The summed E-state index contributed by atoms with van der Waals surface area (Å²) < 4.78 is 1.84. The molecule has 8 heteroatoms. The van der Waals surface area contributed by atoms with Gasteiger partial charge in [-0.05, 0) is 38.0 Å². The summed E-state index contributed by atoms with van der Waals surface area (Å²) in [4.78, 5) is 25.4. The van der Waals surface area contributed by atoms with Gasteiger partial charge in [0.1, 0.15) is 5.82 Å². The lowest BCUT2D eigenvalue weighted by Gasteiger charge is -2.37. The topological polar surface area (TPSA) is 65.8 Å². The molecule has 0 bridgehead atoms. The van der Waals surface area contributed by atoms with Crippen molar-refractivity contribution in [3.63, 3.8) is 0 Å². The highest BCUT2D eigenvalue weighted by atomic mass is 127. The molecule has 0 amide bonds. The smallest absolute Gasteiger partial charge is 0.250 e. The molecule has 0 unspecified atom stereocenters. The van der Waals surface area contributed by atoms with E-state index in [4.69, 9.17) is 0 Å². The maximum atomic E-state index is 11.9. The van der Waals surface area contributed by atoms with Gasteiger partial charge in [0.15, 0.2) is 5.96 Å². The summed E-state index contributed by atoms with van der Waals surface area (Å²) in [5, 5.41) is 3.46. The van der Waals surface area contributed by atoms with Crippen LogP contribution in [-0.4, -0.2) is 60.2 Å². The predicted molar refractivity (Wildman–Crippen MR) is 129 cm³/mol. The number of nitrogens with zero attached hydrogens (tertiary/aromatic N) is 5. The lowest BCUT2D eigenvalue weighted by atomic mass is 10.2. The first kappa shape index (κ1) is 23.2. The van der Waals surface area contributed by atoms with E-state index < -0.39 is 0 Å². The number of rotatable bonds is 6. The molecule has 0 aliphatic carbocycles. The van der Waals surface area contributed by atoms with Gasteiger partial charge in [-0.3, -0.25) is 9.79 Å². The van der Waals surface area contributed by atoms with Crippen molar-refractivity contribution < 1.29 is 0 Å². The van der Waals surface area contributed by atoms with Crippen molar-refractivity contribution in [2.45, 2.75) is 26.3 Å². The van der Waals surface area contributed by atoms with Crippen LogP contribution in [-0.2, 0) is 6.54 Å². The normalized spacial score (nSPS) is 14.5. The van der Waals surface area contributed by atoms with Crippen molar-refractivity contribution in [3.05, 3.63) is 58.6 Å². The molecule has 1 aliphatic rings. The lowest BCUT2D eigenvalue weighted by Crippen LogP contribution is -2.52. The summed E-state index contributed by atoms with van der Waals surface area (Å²) in [5.74, 6) is 1.99. The Hall–Kier alpha value is -2.10. The largest absolute Gasteiger partial charge is 0.356 e. The molecule has 158 valence electrons. The molecule has 2 aromatic rings. The van der Waals surface area contributed by atoms with Crippen molar-refractivity contribution in [1.82, 2.24) is 19.8 Å². The summed E-state index contributed by atoms with van der Waals surface area (Å²) in [6, 6.07) is 11.4. The molecule has 1 N–H and O–H groups in total. The number of guanidine groups is 1. The van der Waals surface area contributed by atoms with Gasteiger partial charge in [-0.1, -0.05) is 12.1 Å². The van der Waals surface area contributed by atoms with Crippen LogP contribution in [0.15, 0.2) is 52.4 Å². The molecule has 0 atom stereocenters. The number of unbranched alkanes of at least 4 members (excludes halogenated alkanes) is 1. The molecule has 2 aromatic heterocycles. The quantitative estimate of drug-likeness (QED) is 0.280. The zero-order chi connectivity index (χ0) is 19.8. The van der Waals surface area contributed by atoms with Crippen molar-refractivity contribution in [1.29, 1.82) is 0 Å². The molecule has 3 rings (SSSR count). The van der Waals surface area contributed by atoms with Crippen LogP contribution < -0.4 is 15.8 Å². The Morgan fingerprint density at radius 3 is 2.55 bits per heavy atom. The van der Waals surface area contributed by atoms with Gasteiger partial charge in [0, 0.05) is 64.3 Å². The molecule has 0 saturated carbocycles. The van der Waals surface area contributed by atoms with E-state index in [-0.39, 0.29) is 29.5 Å². The molecular formula is C21H31IN6O. The first-order valence-electron chi connectivity index (χ1n) is 9.97. The van der Waals surface area contributed by atoms with Gasteiger partial charge < -0.3 is 19.7 Å². The zero-order valence-electron chi connectivity index (χ0n) is 17.3. The lowest BCUT2D eigenvalue weighted by molar-refractivity contribution is 0.371. The first-order valence-corrected chi connectivity index (χ1v) is 9.97. The maximum absolute atomic E-state index is 11.9. The first-order chi connectivity index (χ1) is 13.7. The van der Waals surface area contributed by atoms with Gasteiger partial charge >= 0.3 is 0 Å². The van der Waals surface area contributed by atoms with Crippen molar-refractivity contribution in [2.75, 3.05) is 44.7 Å². The fourth-order valence-corrected chi connectivity index (χ4v) is 3.53. The highest BCUT2D eigenvalue weighted by molar-refractivity contribution is 14.0. The van der Waals surface area contributed by atoms with Gasteiger partial charge in [-0.25, -0.2) is 4.98 Å². The molecule has 3 heterocycles. The summed E-state index contributed by atoms with van der Waals surface area (Å²) in [5.41, 5.74) is 1.09. The molecule has 0 spiro atoms. The second-order valence-corrected chi connectivity index (χ2v) is 7.00. The van der Waals surface area contributed by atoms with E-state index in [0.29, 0.717) is 0 Å². The average molecular weight is 510 g/mol. The summed E-state index contributed by atoms with van der Waals surface area (Å²) in [6.07, 6.45) is 3.79. The van der Waals surface area contributed by atoms with Crippen LogP contribution >= 0.6 is 24.0 Å². The molecule has 1 aliphatic heterocycles. The van der Waals surface area contributed by atoms with Gasteiger partial charge in [0.25, 0.3) is 5.56 Å². The number of aliphatic imine (C=N–C) groups is 1. The minimum absolute atomic E-state index is 0. The minimum atomic E-state index is 0. The number of piperazine rings is 1. The number of pyridine rings is 2. The highest BCUT2D eigenvalue weighted by Crippen LogP contribution is 2.12. The van der Waals surface area contributed by atoms with E-state index in [2.05, 4.69) is 31.2 Å².